The van der Waals surface area contributed by atoms with Gasteiger partial charge in [-0.15, -0.1) is 11.3 Å². The van der Waals surface area contributed by atoms with Crippen LogP contribution in [0.25, 0.3) is 10.2 Å². The van der Waals surface area contributed by atoms with Crippen LogP contribution in [0.15, 0.2) is 10.9 Å². The van der Waals surface area contributed by atoms with Gasteiger partial charge in [-0.25, -0.2) is 9.97 Å². The van der Waals surface area contributed by atoms with Crippen molar-refractivity contribution >= 4 is 33.3 Å². The number of thiophene rings is 1. The van der Waals surface area contributed by atoms with Crippen molar-refractivity contribution in [3.8, 4) is 0 Å². The van der Waals surface area contributed by atoms with Crippen molar-refractivity contribution in [2.45, 2.75) is 53.0 Å². The number of carbonyl (C=O) groups excluding carboxylic acids is 1. The van der Waals surface area contributed by atoms with Crippen LogP contribution >= 0.6 is 11.3 Å². The maximum Gasteiger partial charge on any atom is 0.224 e. The fraction of sp³-hybridized carbons (Fsp3) is 0.550. The first-order chi connectivity index (χ1) is 13.8. The number of aryl methyl sites for hydroxylation is 3. The molecule has 29 heavy (non-hydrogen) atoms. The quantitative estimate of drug-likeness (QED) is 0.700. The van der Waals surface area contributed by atoms with Gasteiger partial charge in [-0.3, -0.25) is 4.79 Å². The minimum atomic E-state index is -0.671. The second-order valence-electron chi connectivity index (χ2n) is 8.17. The largest absolute Gasteiger partial charge is 0.356 e. The fourth-order valence-electron chi connectivity index (χ4n) is 3.78. The first kappa shape index (κ1) is 19.8. The van der Waals surface area contributed by atoms with Gasteiger partial charge in [0.1, 0.15) is 17.0 Å². The van der Waals surface area contributed by atoms with Crippen LogP contribution in [0, 0.1) is 26.7 Å². The number of piperidine rings is 1. The molecule has 3 aromatic heterocycles. The normalized spacial score (nSPS) is 15.8. The zero-order valence-corrected chi connectivity index (χ0v) is 18.3. The third kappa shape index (κ3) is 3.71. The molecule has 1 aliphatic rings. The van der Waals surface area contributed by atoms with E-state index in [1.165, 1.54) is 10.4 Å². The molecular formula is C20H26N6O2S. The van der Waals surface area contributed by atoms with E-state index in [1.807, 2.05) is 13.8 Å². The molecule has 4 heterocycles. The van der Waals surface area contributed by atoms with Crippen LogP contribution in [-0.2, 0) is 10.3 Å². The lowest BCUT2D eigenvalue weighted by atomic mass is 9.93. The number of anilines is 1. The molecule has 154 valence electrons. The highest BCUT2D eigenvalue weighted by atomic mass is 32.1. The Morgan fingerprint density at radius 3 is 2.62 bits per heavy atom. The number of hydrogen-bond donors (Lipinski definition) is 1. The first-order valence-electron chi connectivity index (χ1n) is 9.84. The number of nitrogens with one attached hydrogen (secondary N) is 1. The molecule has 8 nitrogen and oxygen atoms in total. The maximum absolute atomic E-state index is 12.9. The zero-order chi connectivity index (χ0) is 20.8. The van der Waals surface area contributed by atoms with E-state index in [4.69, 9.17) is 4.52 Å². The molecule has 0 saturated carbocycles. The van der Waals surface area contributed by atoms with E-state index >= 15 is 0 Å². The zero-order valence-electron chi connectivity index (χ0n) is 17.4. The lowest BCUT2D eigenvalue weighted by Gasteiger charge is -2.34. The molecule has 1 amide bonds. The van der Waals surface area contributed by atoms with E-state index in [-0.39, 0.29) is 11.8 Å². The molecule has 4 rings (SSSR count). The highest BCUT2D eigenvalue weighted by Gasteiger charge is 2.33. The van der Waals surface area contributed by atoms with E-state index < -0.39 is 5.54 Å². The SMILES string of the molecule is Cc1nc(C(C)(C)NC(=O)C2CCN(c3ncnc4sc(C)c(C)c34)CC2)no1. The van der Waals surface area contributed by atoms with Crippen molar-refractivity contribution in [1.82, 2.24) is 25.4 Å². The summed E-state index contributed by atoms with van der Waals surface area (Å²) in [7, 11) is 0. The average Bonchev–Trinajstić information content (AvgIpc) is 3.25. The average molecular weight is 415 g/mol. The Kier molecular flexibility index (Phi) is 5.02. The van der Waals surface area contributed by atoms with Gasteiger partial charge >= 0.3 is 0 Å². The smallest absolute Gasteiger partial charge is 0.224 e. The molecule has 0 aliphatic carbocycles. The Bertz CT molecular complexity index is 1050. The van der Waals surface area contributed by atoms with Crippen LogP contribution in [-0.4, -0.2) is 39.1 Å². The Morgan fingerprint density at radius 2 is 1.97 bits per heavy atom. The van der Waals surface area contributed by atoms with Gasteiger partial charge in [0.15, 0.2) is 5.82 Å². The van der Waals surface area contributed by atoms with E-state index in [2.05, 4.69) is 44.2 Å². The van der Waals surface area contributed by atoms with Crippen molar-refractivity contribution in [2.24, 2.45) is 5.92 Å². The van der Waals surface area contributed by atoms with Crippen molar-refractivity contribution in [1.29, 1.82) is 0 Å². The number of fused-ring (bicyclic) bond motifs is 1. The van der Waals surface area contributed by atoms with Crippen LogP contribution in [0.4, 0.5) is 5.82 Å². The van der Waals surface area contributed by atoms with Crippen molar-refractivity contribution < 1.29 is 9.32 Å². The molecule has 0 spiro atoms. The molecule has 0 atom stereocenters. The molecule has 9 heteroatoms. The second-order valence-corrected chi connectivity index (χ2v) is 9.38. The van der Waals surface area contributed by atoms with Crippen LogP contribution in [0.3, 0.4) is 0 Å². The summed E-state index contributed by atoms with van der Waals surface area (Å²) in [5.41, 5.74) is 0.577. The molecular weight excluding hydrogens is 388 g/mol. The number of amides is 1. The number of carbonyl (C=O) groups is 1. The number of nitrogens with zero attached hydrogens (tertiary/aromatic N) is 5. The summed E-state index contributed by atoms with van der Waals surface area (Å²) in [5.74, 6) is 1.96. The van der Waals surface area contributed by atoms with Gasteiger partial charge in [0.2, 0.25) is 11.8 Å². The van der Waals surface area contributed by atoms with E-state index in [0.717, 1.165) is 42.0 Å². The van der Waals surface area contributed by atoms with Gasteiger partial charge in [-0.2, -0.15) is 4.98 Å². The summed E-state index contributed by atoms with van der Waals surface area (Å²) in [6.07, 6.45) is 3.20. The minimum Gasteiger partial charge on any atom is -0.356 e. The van der Waals surface area contributed by atoms with Gasteiger partial charge in [0.05, 0.1) is 10.9 Å². The Labute approximate surface area is 173 Å². The van der Waals surface area contributed by atoms with Crippen LogP contribution in [0.1, 0.15) is 48.8 Å². The third-order valence-corrected chi connectivity index (χ3v) is 6.75. The molecule has 0 bridgehead atoms. The summed E-state index contributed by atoms with van der Waals surface area (Å²) in [5, 5.41) is 8.19. The molecule has 1 N–H and O–H groups in total. The van der Waals surface area contributed by atoms with Crippen molar-refractivity contribution in [3.63, 3.8) is 0 Å². The molecule has 3 aromatic rings. The van der Waals surface area contributed by atoms with Crippen molar-refractivity contribution in [3.05, 3.63) is 28.5 Å². The number of aromatic nitrogens is 4. The Morgan fingerprint density at radius 1 is 1.24 bits per heavy atom. The molecule has 0 radical (unpaired) electrons. The summed E-state index contributed by atoms with van der Waals surface area (Å²) >= 11 is 1.71. The predicted octanol–water partition coefficient (Wildman–Crippen LogP) is 3.27. The summed E-state index contributed by atoms with van der Waals surface area (Å²) < 4.78 is 5.06. The highest BCUT2D eigenvalue weighted by molar-refractivity contribution is 7.18. The predicted molar refractivity (Wildman–Crippen MR) is 112 cm³/mol. The number of rotatable bonds is 4. The fourth-order valence-corrected chi connectivity index (χ4v) is 4.77. The monoisotopic (exact) mass is 414 g/mol. The molecule has 1 fully saturated rings. The molecule has 1 saturated heterocycles. The van der Waals surface area contributed by atoms with Gasteiger partial charge in [0.25, 0.3) is 0 Å². The third-order valence-electron chi connectivity index (χ3n) is 5.63. The molecule has 0 unspecified atom stereocenters. The minimum absolute atomic E-state index is 0.0347. The second kappa shape index (κ2) is 7.37. The summed E-state index contributed by atoms with van der Waals surface area (Å²) in [6, 6.07) is 0. The first-order valence-corrected chi connectivity index (χ1v) is 10.7. The van der Waals surface area contributed by atoms with E-state index in [0.29, 0.717) is 11.7 Å². The molecule has 0 aromatic carbocycles. The lowest BCUT2D eigenvalue weighted by molar-refractivity contribution is -0.127. The Balaban J connectivity index is 1.44. The highest BCUT2D eigenvalue weighted by Crippen LogP contribution is 2.35. The van der Waals surface area contributed by atoms with Gasteiger partial charge < -0.3 is 14.7 Å². The summed E-state index contributed by atoms with van der Waals surface area (Å²) in [4.78, 5) is 30.7. The van der Waals surface area contributed by atoms with Crippen molar-refractivity contribution in [2.75, 3.05) is 18.0 Å². The van der Waals surface area contributed by atoms with E-state index in [9.17, 15) is 4.79 Å². The van der Waals surface area contributed by atoms with Crippen LogP contribution in [0.5, 0.6) is 0 Å². The summed E-state index contributed by atoms with van der Waals surface area (Å²) in [6.45, 7) is 11.4. The standard InChI is InChI=1S/C20H26N6O2S/c1-11-12(2)29-18-15(11)16(21-10-22-18)26-8-6-14(7-9-26)17(27)24-20(4,5)19-23-13(3)28-25-19/h10,14H,6-9H2,1-5H3,(H,24,27). The maximum atomic E-state index is 12.9. The van der Waals surface area contributed by atoms with Crippen LogP contribution < -0.4 is 10.2 Å². The van der Waals surface area contributed by atoms with Gasteiger partial charge in [0, 0.05) is 30.8 Å². The van der Waals surface area contributed by atoms with Gasteiger partial charge in [-0.05, 0) is 46.1 Å². The van der Waals surface area contributed by atoms with Crippen LogP contribution in [0.2, 0.25) is 0 Å². The Hall–Kier alpha value is -2.55. The number of hydrogen-bond acceptors (Lipinski definition) is 8. The topological polar surface area (TPSA) is 97.0 Å². The molecule has 1 aliphatic heterocycles. The van der Waals surface area contributed by atoms with Gasteiger partial charge in [-0.1, -0.05) is 5.16 Å². The van der Waals surface area contributed by atoms with E-state index in [1.54, 1.807) is 24.6 Å². The lowest BCUT2D eigenvalue weighted by Crippen LogP contribution is -2.47.